The van der Waals surface area contributed by atoms with Gasteiger partial charge in [0.25, 0.3) is 0 Å². The topological polar surface area (TPSA) is 46.5 Å². The van der Waals surface area contributed by atoms with Gasteiger partial charge in [-0.05, 0) is 26.8 Å². The van der Waals surface area contributed by atoms with E-state index in [1.807, 2.05) is 6.92 Å². The Balaban J connectivity index is 4.76. The van der Waals surface area contributed by atoms with E-state index in [2.05, 4.69) is 16.6 Å². The van der Waals surface area contributed by atoms with Gasteiger partial charge in [0.1, 0.15) is 0 Å². The largest absolute Gasteiger partial charge is 0.513 e. The van der Waals surface area contributed by atoms with Crippen LogP contribution in [0.25, 0.3) is 0 Å². The van der Waals surface area contributed by atoms with Crippen LogP contribution in [0.5, 0.6) is 0 Å². The van der Waals surface area contributed by atoms with Crippen molar-refractivity contribution in [2.24, 2.45) is 5.92 Å². The molecule has 0 rings (SSSR count). The molecule has 3 heteroatoms. The number of aliphatic hydroxyl groups excluding tert-OH is 1. The lowest BCUT2D eigenvalue weighted by Gasteiger charge is -2.09. The molecular weight excluding hydrogens is 204 g/mol. The highest BCUT2D eigenvalue weighted by Gasteiger charge is 2.12. The molecule has 0 spiro atoms. The van der Waals surface area contributed by atoms with Gasteiger partial charge >= 0.3 is 5.97 Å². The van der Waals surface area contributed by atoms with E-state index in [4.69, 9.17) is 5.11 Å². The Kier molecular flexibility index (Phi) is 6.78. The molecule has 1 atom stereocenters. The first kappa shape index (κ1) is 14.3. The van der Waals surface area contributed by atoms with Crippen LogP contribution in [0.4, 0.5) is 0 Å². The fourth-order valence-electron chi connectivity index (χ4n) is 1.12. The van der Waals surface area contributed by atoms with Gasteiger partial charge in [-0.3, -0.25) is 4.79 Å². The maximum atomic E-state index is 11.2. The second-order valence-electron chi connectivity index (χ2n) is 3.45. The van der Waals surface area contributed by atoms with Crippen molar-refractivity contribution in [3.05, 3.63) is 23.5 Å². The molecule has 0 heterocycles. The second-order valence-corrected chi connectivity index (χ2v) is 3.45. The highest BCUT2D eigenvalue weighted by Crippen LogP contribution is 2.15. The number of aliphatic hydroxyl groups is 1. The van der Waals surface area contributed by atoms with Crippen molar-refractivity contribution in [2.45, 2.75) is 27.2 Å². The number of ether oxygens (including phenoxy) is 1. The number of esters is 1. The Bertz CT molecular complexity index is 349. The van der Waals surface area contributed by atoms with Crippen LogP contribution in [0.2, 0.25) is 0 Å². The normalized spacial score (nSPS) is 13.8. The minimum atomic E-state index is -0.287. The molecular formula is C13H18O3. The van der Waals surface area contributed by atoms with Crippen LogP contribution in [0, 0.1) is 17.8 Å². The maximum absolute atomic E-state index is 11.2. The molecule has 0 aliphatic heterocycles. The van der Waals surface area contributed by atoms with Gasteiger partial charge in [-0.25, -0.2) is 0 Å². The highest BCUT2D eigenvalue weighted by molar-refractivity contribution is 5.70. The zero-order chi connectivity index (χ0) is 12.6. The first-order chi connectivity index (χ1) is 7.51. The number of methoxy groups -OCH3 is 1. The zero-order valence-corrected chi connectivity index (χ0v) is 10.2. The number of allylic oxidation sites excluding steroid dienone is 4. The molecule has 16 heavy (non-hydrogen) atoms. The van der Waals surface area contributed by atoms with Crippen LogP contribution in [0.15, 0.2) is 23.5 Å². The van der Waals surface area contributed by atoms with Gasteiger partial charge in [0.05, 0.1) is 25.2 Å². The van der Waals surface area contributed by atoms with Gasteiger partial charge in [0.15, 0.2) is 0 Å². The summed E-state index contributed by atoms with van der Waals surface area (Å²) in [6.45, 7) is 5.19. The fourth-order valence-corrected chi connectivity index (χ4v) is 1.12. The van der Waals surface area contributed by atoms with Gasteiger partial charge in [-0.1, -0.05) is 17.6 Å². The molecule has 1 unspecified atom stereocenters. The van der Waals surface area contributed by atoms with Crippen LogP contribution in [-0.4, -0.2) is 18.2 Å². The molecule has 0 saturated heterocycles. The summed E-state index contributed by atoms with van der Waals surface area (Å²) in [6, 6.07) is 0. The lowest BCUT2D eigenvalue weighted by Crippen LogP contribution is -2.09. The summed E-state index contributed by atoms with van der Waals surface area (Å²) >= 11 is 0. The van der Waals surface area contributed by atoms with Gasteiger partial charge in [0, 0.05) is 0 Å². The molecule has 0 aromatic rings. The summed E-state index contributed by atoms with van der Waals surface area (Å²) < 4.78 is 4.60. The van der Waals surface area contributed by atoms with Crippen LogP contribution < -0.4 is 0 Å². The first-order valence-electron chi connectivity index (χ1n) is 5.04. The summed E-state index contributed by atoms with van der Waals surface area (Å²) in [4.78, 5) is 11.2. The molecule has 1 N–H and O–H groups in total. The quantitative estimate of drug-likeness (QED) is 0.344. The standard InChI is InChI=1S/C13H18O3/c1-5-6-12(9-13(15)16-4)10(2)7-8-11(3)14/h7-8,12,14H,9H2,1-4H3/b10-7+,11-8+. The SMILES string of the molecule is CC#CC(CC(=O)OC)/C(C)=C/C=C(\C)O. The molecule has 0 aromatic heterocycles. The number of rotatable bonds is 4. The third kappa shape index (κ3) is 5.92. The van der Waals surface area contributed by atoms with Crippen molar-refractivity contribution in [3.8, 4) is 11.8 Å². The van der Waals surface area contributed by atoms with E-state index in [-0.39, 0.29) is 24.1 Å². The summed E-state index contributed by atoms with van der Waals surface area (Å²) in [5.74, 6) is 5.50. The summed E-state index contributed by atoms with van der Waals surface area (Å²) in [5, 5.41) is 9.03. The Morgan fingerprint density at radius 1 is 1.44 bits per heavy atom. The minimum absolute atomic E-state index is 0.159. The van der Waals surface area contributed by atoms with E-state index in [0.29, 0.717) is 0 Å². The summed E-state index contributed by atoms with van der Waals surface area (Å²) in [7, 11) is 1.36. The molecule has 0 aliphatic carbocycles. The number of carbonyl (C=O) groups excluding carboxylic acids is 1. The van der Waals surface area contributed by atoms with Crippen molar-refractivity contribution >= 4 is 5.97 Å². The molecule has 88 valence electrons. The molecule has 0 radical (unpaired) electrons. The lowest BCUT2D eigenvalue weighted by molar-refractivity contribution is -0.141. The van der Waals surface area contributed by atoms with E-state index >= 15 is 0 Å². The monoisotopic (exact) mass is 222 g/mol. The number of hydrogen-bond donors (Lipinski definition) is 1. The molecule has 3 nitrogen and oxygen atoms in total. The van der Waals surface area contributed by atoms with Gasteiger partial charge in [-0.2, -0.15) is 0 Å². The Labute approximate surface area is 96.8 Å². The van der Waals surface area contributed by atoms with Crippen molar-refractivity contribution in [1.29, 1.82) is 0 Å². The molecule has 0 bridgehead atoms. The Morgan fingerprint density at radius 2 is 2.06 bits per heavy atom. The molecule has 0 saturated carbocycles. The minimum Gasteiger partial charge on any atom is -0.513 e. The number of carbonyl (C=O) groups is 1. The van der Waals surface area contributed by atoms with Gasteiger partial charge in [0.2, 0.25) is 0 Å². The van der Waals surface area contributed by atoms with Crippen LogP contribution in [0.1, 0.15) is 27.2 Å². The van der Waals surface area contributed by atoms with E-state index in [1.165, 1.54) is 7.11 Å². The van der Waals surface area contributed by atoms with Crippen LogP contribution in [-0.2, 0) is 9.53 Å². The third-order valence-electron chi connectivity index (χ3n) is 2.05. The first-order valence-corrected chi connectivity index (χ1v) is 5.04. The second kappa shape index (κ2) is 7.58. The van der Waals surface area contributed by atoms with Crippen molar-refractivity contribution in [1.82, 2.24) is 0 Å². The summed E-state index contributed by atoms with van der Waals surface area (Å²) in [6.07, 6.45) is 3.57. The Hall–Kier alpha value is -1.69. The van der Waals surface area contributed by atoms with E-state index in [9.17, 15) is 4.79 Å². The molecule has 0 fully saturated rings. The van der Waals surface area contributed by atoms with Crippen molar-refractivity contribution in [2.75, 3.05) is 7.11 Å². The molecule has 0 amide bonds. The van der Waals surface area contributed by atoms with E-state index in [0.717, 1.165) is 5.57 Å². The van der Waals surface area contributed by atoms with Crippen molar-refractivity contribution < 1.29 is 14.6 Å². The predicted molar refractivity (Wildman–Crippen MR) is 63.7 cm³/mol. The maximum Gasteiger partial charge on any atom is 0.307 e. The predicted octanol–water partition coefficient (Wildman–Crippen LogP) is 2.60. The van der Waals surface area contributed by atoms with E-state index in [1.54, 1.807) is 26.0 Å². The molecule has 0 aliphatic rings. The smallest absolute Gasteiger partial charge is 0.307 e. The van der Waals surface area contributed by atoms with E-state index < -0.39 is 0 Å². The summed E-state index contributed by atoms with van der Waals surface area (Å²) in [5.41, 5.74) is 0.924. The third-order valence-corrected chi connectivity index (χ3v) is 2.05. The Morgan fingerprint density at radius 3 is 2.50 bits per heavy atom. The average molecular weight is 222 g/mol. The van der Waals surface area contributed by atoms with Crippen LogP contribution >= 0.6 is 0 Å². The zero-order valence-electron chi connectivity index (χ0n) is 10.2. The fraction of sp³-hybridized carbons (Fsp3) is 0.462. The number of hydrogen-bond acceptors (Lipinski definition) is 3. The average Bonchev–Trinajstić information content (AvgIpc) is 2.24. The van der Waals surface area contributed by atoms with Gasteiger partial charge < -0.3 is 9.84 Å². The van der Waals surface area contributed by atoms with Crippen molar-refractivity contribution in [3.63, 3.8) is 0 Å². The van der Waals surface area contributed by atoms with Crippen LogP contribution in [0.3, 0.4) is 0 Å². The lowest BCUT2D eigenvalue weighted by atomic mass is 9.97. The molecule has 0 aromatic carbocycles. The van der Waals surface area contributed by atoms with Gasteiger partial charge in [-0.15, -0.1) is 5.92 Å². The highest BCUT2D eigenvalue weighted by atomic mass is 16.5.